The van der Waals surface area contributed by atoms with Crippen molar-refractivity contribution in [2.24, 2.45) is 4.99 Å². The van der Waals surface area contributed by atoms with Crippen LogP contribution in [-0.2, 0) is 4.79 Å². The van der Waals surface area contributed by atoms with Gasteiger partial charge in [-0.25, -0.2) is 13.6 Å². The van der Waals surface area contributed by atoms with Crippen molar-refractivity contribution in [3.05, 3.63) is 0 Å². The minimum Gasteiger partial charge on any atom is -0.211 e. The number of nitrogens with zero attached hydrogens (tertiary/aromatic N) is 1. The lowest BCUT2D eigenvalue weighted by atomic mass is 10.3. The lowest BCUT2D eigenvalue weighted by molar-refractivity contribution is 0.0942. The van der Waals surface area contributed by atoms with Crippen molar-refractivity contribution in [1.82, 2.24) is 0 Å². The Balaban J connectivity index is 2.73. The molecule has 0 aromatic carbocycles. The molecule has 0 N–H and O–H groups in total. The van der Waals surface area contributed by atoms with Gasteiger partial charge in [0, 0.05) is 6.42 Å². The Morgan fingerprint density at radius 1 is 1.67 bits per heavy atom. The van der Waals surface area contributed by atoms with Crippen LogP contribution in [0.5, 0.6) is 0 Å². The van der Waals surface area contributed by atoms with Gasteiger partial charge in [0.2, 0.25) is 6.08 Å². The molecule has 0 aromatic rings. The zero-order valence-corrected chi connectivity index (χ0v) is 4.82. The van der Waals surface area contributed by atoms with Gasteiger partial charge in [0.05, 0.1) is 0 Å². The number of alkyl halides is 2. The molecule has 0 saturated heterocycles. The second-order valence-electron chi connectivity index (χ2n) is 2.36. The van der Waals surface area contributed by atoms with Gasteiger partial charge < -0.3 is 0 Å². The first-order valence-electron chi connectivity index (χ1n) is 2.49. The van der Waals surface area contributed by atoms with E-state index < -0.39 is 11.5 Å². The molecule has 1 saturated carbocycles. The summed E-state index contributed by atoms with van der Waals surface area (Å²) in [5.41, 5.74) is -1.44. The predicted molar refractivity (Wildman–Crippen MR) is 26.1 cm³/mol. The maximum absolute atomic E-state index is 12.1. The first-order chi connectivity index (χ1) is 4.02. The topological polar surface area (TPSA) is 29.4 Å². The Bertz CT molecular complexity index is 185. The minimum atomic E-state index is -2.77. The molecule has 9 heavy (non-hydrogen) atoms. The van der Waals surface area contributed by atoms with Crippen molar-refractivity contribution < 1.29 is 13.6 Å². The van der Waals surface area contributed by atoms with Crippen LogP contribution in [0.2, 0.25) is 0 Å². The summed E-state index contributed by atoms with van der Waals surface area (Å²) in [6.45, 7) is 1.23. The molecule has 1 aliphatic rings. The molecule has 0 amide bonds. The molecule has 2 nitrogen and oxygen atoms in total. The third kappa shape index (κ3) is 0.754. The summed E-state index contributed by atoms with van der Waals surface area (Å²) < 4.78 is 24.2. The van der Waals surface area contributed by atoms with Crippen LogP contribution < -0.4 is 0 Å². The van der Waals surface area contributed by atoms with Crippen LogP contribution in [0.15, 0.2) is 4.99 Å². The zero-order chi connectivity index (χ0) is 7.12. The maximum atomic E-state index is 12.1. The van der Waals surface area contributed by atoms with E-state index in [1.54, 1.807) is 0 Å². The molecule has 1 unspecified atom stereocenters. The van der Waals surface area contributed by atoms with Gasteiger partial charge in [0.15, 0.2) is 0 Å². The smallest absolute Gasteiger partial charge is 0.211 e. The van der Waals surface area contributed by atoms with Crippen LogP contribution >= 0.6 is 0 Å². The fraction of sp³-hybridized carbons (Fsp3) is 0.800. The summed E-state index contributed by atoms with van der Waals surface area (Å²) >= 11 is 0. The molecule has 0 spiro atoms. The van der Waals surface area contributed by atoms with Crippen molar-refractivity contribution in [3.63, 3.8) is 0 Å². The van der Waals surface area contributed by atoms with E-state index in [1.807, 2.05) is 0 Å². The molecule has 1 atom stereocenters. The van der Waals surface area contributed by atoms with Crippen LogP contribution in [0, 0.1) is 0 Å². The van der Waals surface area contributed by atoms with Crippen LogP contribution in [0.1, 0.15) is 13.3 Å². The van der Waals surface area contributed by atoms with Crippen molar-refractivity contribution in [3.8, 4) is 0 Å². The molecule has 1 rings (SSSR count). The Labute approximate surface area is 50.6 Å². The van der Waals surface area contributed by atoms with Crippen molar-refractivity contribution in [1.29, 1.82) is 0 Å². The van der Waals surface area contributed by atoms with Gasteiger partial charge in [-0.3, -0.25) is 0 Å². The molecule has 0 heterocycles. The standard InChI is InChI=1S/C5H5F2NO/c1-4(8-3-9)2-5(4,6)7/h2H2,1H3. The molecule has 50 valence electrons. The maximum Gasteiger partial charge on any atom is 0.276 e. The van der Waals surface area contributed by atoms with Gasteiger partial charge in [-0.05, 0) is 6.92 Å². The Morgan fingerprint density at radius 2 is 2.11 bits per heavy atom. The highest BCUT2D eigenvalue weighted by molar-refractivity contribution is 5.38. The van der Waals surface area contributed by atoms with Gasteiger partial charge in [-0.2, -0.15) is 4.99 Å². The number of aliphatic imine (C=N–C) groups is 1. The van der Waals surface area contributed by atoms with E-state index in [0.29, 0.717) is 0 Å². The summed E-state index contributed by atoms with van der Waals surface area (Å²) in [6.07, 6.45) is 0.797. The second kappa shape index (κ2) is 1.39. The second-order valence-corrected chi connectivity index (χ2v) is 2.36. The summed E-state index contributed by atoms with van der Waals surface area (Å²) in [4.78, 5) is 12.5. The molecule has 0 bridgehead atoms. The summed E-state index contributed by atoms with van der Waals surface area (Å²) in [7, 11) is 0. The van der Waals surface area contributed by atoms with Crippen LogP contribution in [0.25, 0.3) is 0 Å². The summed E-state index contributed by atoms with van der Waals surface area (Å²) in [6, 6.07) is 0. The largest absolute Gasteiger partial charge is 0.276 e. The molecule has 0 radical (unpaired) electrons. The number of carbonyl (C=O) groups excluding carboxylic acids is 1. The minimum absolute atomic E-state index is 0.324. The monoisotopic (exact) mass is 133 g/mol. The zero-order valence-electron chi connectivity index (χ0n) is 4.82. The van der Waals surface area contributed by atoms with E-state index in [2.05, 4.69) is 4.99 Å². The summed E-state index contributed by atoms with van der Waals surface area (Å²) in [5, 5.41) is 0. The van der Waals surface area contributed by atoms with E-state index >= 15 is 0 Å². The van der Waals surface area contributed by atoms with E-state index in [1.165, 1.54) is 6.92 Å². The highest BCUT2D eigenvalue weighted by Gasteiger charge is 2.69. The average Bonchev–Trinajstić information content (AvgIpc) is 2.07. The number of halogens is 2. The van der Waals surface area contributed by atoms with E-state index in [9.17, 15) is 13.6 Å². The van der Waals surface area contributed by atoms with Crippen LogP contribution in [0.4, 0.5) is 8.78 Å². The molecule has 4 heteroatoms. The fourth-order valence-corrected chi connectivity index (χ4v) is 0.610. The third-order valence-corrected chi connectivity index (χ3v) is 1.52. The van der Waals surface area contributed by atoms with E-state index in [-0.39, 0.29) is 6.42 Å². The predicted octanol–water partition coefficient (Wildman–Crippen LogP) is 1.12. The summed E-state index contributed by atoms with van der Waals surface area (Å²) in [5.74, 6) is -2.77. The van der Waals surface area contributed by atoms with Gasteiger partial charge in [0.1, 0.15) is 5.54 Å². The molecule has 1 fully saturated rings. The Hall–Kier alpha value is -0.760. The lowest BCUT2D eigenvalue weighted by Crippen LogP contribution is -2.09. The Kier molecular flexibility index (Phi) is 0.983. The van der Waals surface area contributed by atoms with Crippen LogP contribution in [-0.4, -0.2) is 17.5 Å². The molecule has 0 aliphatic heterocycles. The van der Waals surface area contributed by atoms with Crippen molar-refractivity contribution >= 4 is 6.08 Å². The first-order valence-corrected chi connectivity index (χ1v) is 2.49. The van der Waals surface area contributed by atoms with Gasteiger partial charge in [-0.15, -0.1) is 0 Å². The quantitative estimate of drug-likeness (QED) is 0.389. The van der Waals surface area contributed by atoms with Crippen LogP contribution in [0.3, 0.4) is 0 Å². The van der Waals surface area contributed by atoms with E-state index in [0.717, 1.165) is 6.08 Å². The molecule has 1 aliphatic carbocycles. The number of rotatable bonds is 1. The lowest BCUT2D eigenvalue weighted by Gasteiger charge is -1.96. The van der Waals surface area contributed by atoms with Crippen molar-refractivity contribution in [2.75, 3.05) is 0 Å². The molecule has 0 aromatic heterocycles. The fourth-order valence-electron chi connectivity index (χ4n) is 0.610. The third-order valence-electron chi connectivity index (χ3n) is 1.52. The normalized spacial score (nSPS) is 37.2. The SMILES string of the molecule is CC1(N=C=O)CC1(F)F. The molecular weight excluding hydrogens is 128 g/mol. The number of hydrogen-bond donors (Lipinski definition) is 0. The number of isocyanates is 1. The van der Waals surface area contributed by atoms with Crippen molar-refractivity contribution in [2.45, 2.75) is 24.8 Å². The highest BCUT2D eigenvalue weighted by atomic mass is 19.3. The average molecular weight is 133 g/mol. The van der Waals surface area contributed by atoms with Gasteiger partial charge in [-0.1, -0.05) is 0 Å². The van der Waals surface area contributed by atoms with Gasteiger partial charge >= 0.3 is 0 Å². The van der Waals surface area contributed by atoms with E-state index in [4.69, 9.17) is 0 Å². The van der Waals surface area contributed by atoms with Gasteiger partial charge in [0.25, 0.3) is 5.92 Å². The first kappa shape index (κ1) is 6.36. The Morgan fingerprint density at radius 3 is 2.22 bits per heavy atom. The highest BCUT2D eigenvalue weighted by Crippen LogP contribution is 2.54. The molecular formula is C5H5F2NO. The number of hydrogen-bond acceptors (Lipinski definition) is 2.